The van der Waals surface area contributed by atoms with Crippen LogP contribution in [0.2, 0.25) is 0 Å². The number of hydrogen-bond acceptors (Lipinski definition) is 8. The van der Waals surface area contributed by atoms with Gasteiger partial charge in [-0.2, -0.15) is 9.61 Å². The Labute approximate surface area is 193 Å². The molecule has 0 aliphatic carbocycles. The summed E-state index contributed by atoms with van der Waals surface area (Å²) in [5, 5.41) is 17.6. The minimum Gasteiger partial charge on any atom is -0.477 e. The molecule has 4 rings (SSSR count). The Morgan fingerprint density at radius 3 is 2.97 bits per heavy atom. The van der Waals surface area contributed by atoms with Crippen LogP contribution in [0, 0.1) is 0 Å². The summed E-state index contributed by atoms with van der Waals surface area (Å²) in [5.74, 6) is 2.30. The summed E-state index contributed by atoms with van der Waals surface area (Å²) >= 11 is 0. The van der Waals surface area contributed by atoms with Crippen molar-refractivity contribution in [1.29, 1.82) is 0 Å². The van der Waals surface area contributed by atoms with Gasteiger partial charge in [0, 0.05) is 56.1 Å². The molecule has 9 heteroatoms. The highest BCUT2D eigenvalue weighted by Gasteiger charge is 2.24. The van der Waals surface area contributed by atoms with Crippen molar-refractivity contribution in [1.82, 2.24) is 19.6 Å². The van der Waals surface area contributed by atoms with Crippen molar-refractivity contribution in [2.75, 3.05) is 30.0 Å². The van der Waals surface area contributed by atoms with Crippen LogP contribution in [-0.4, -0.2) is 56.8 Å². The van der Waals surface area contributed by atoms with Crippen LogP contribution in [0.5, 0.6) is 5.88 Å². The maximum Gasteiger partial charge on any atom is 0.213 e. The van der Waals surface area contributed by atoms with Gasteiger partial charge in [-0.1, -0.05) is 13.0 Å². The number of anilines is 2. The second-order valence-corrected chi connectivity index (χ2v) is 8.28. The molecule has 176 valence electrons. The lowest BCUT2D eigenvalue weighted by Gasteiger charge is -2.36. The molecule has 1 saturated heterocycles. The van der Waals surface area contributed by atoms with E-state index in [4.69, 9.17) is 9.72 Å². The molecule has 0 bridgehead atoms. The Kier molecular flexibility index (Phi) is 7.72. The lowest BCUT2D eigenvalue weighted by Crippen LogP contribution is -2.40. The van der Waals surface area contributed by atoms with E-state index in [0.29, 0.717) is 31.5 Å². The molecule has 0 saturated carbocycles. The van der Waals surface area contributed by atoms with Crippen LogP contribution in [0.15, 0.2) is 30.6 Å². The predicted molar refractivity (Wildman–Crippen MR) is 127 cm³/mol. The van der Waals surface area contributed by atoms with Gasteiger partial charge >= 0.3 is 0 Å². The first-order valence-electron chi connectivity index (χ1n) is 11.7. The maximum absolute atomic E-state index is 10.4. The van der Waals surface area contributed by atoms with Gasteiger partial charge in [-0.15, -0.1) is 0 Å². The number of pyridine rings is 1. The molecule has 0 amide bonds. The van der Waals surface area contributed by atoms with Gasteiger partial charge in [0.25, 0.3) is 0 Å². The Morgan fingerprint density at radius 2 is 2.21 bits per heavy atom. The molecule has 1 aliphatic rings. The number of carbonyl (C=O) groups is 1. The Balaban J connectivity index is 1.56. The summed E-state index contributed by atoms with van der Waals surface area (Å²) in [6.07, 6.45) is 9.83. The van der Waals surface area contributed by atoms with Crippen molar-refractivity contribution in [2.45, 2.75) is 58.0 Å². The molecule has 0 spiro atoms. The molecular formula is C24H32N6O3. The average Bonchev–Trinajstić information content (AvgIpc) is 3.27. The van der Waals surface area contributed by atoms with Crippen LogP contribution in [0.25, 0.3) is 5.65 Å². The molecule has 0 radical (unpaired) electrons. The van der Waals surface area contributed by atoms with E-state index in [1.807, 2.05) is 22.8 Å². The fourth-order valence-corrected chi connectivity index (χ4v) is 4.27. The van der Waals surface area contributed by atoms with Crippen LogP contribution >= 0.6 is 0 Å². The third kappa shape index (κ3) is 5.42. The largest absolute Gasteiger partial charge is 0.477 e. The van der Waals surface area contributed by atoms with Gasteiger partial charge in [0.15, 0.2) is 5.65 Å². The van der Waals surface area contributed by atoms with E-state index < -0.39 is 0 Å². The SMILES string of the molecule is CCc1cnn2c(NCc3ccc(OCCC=O)nc3)cc(N3CCCCC3CCO)nc12. The van der Waals surface area contributed by atoms with Crippen molar-refractivity contribution in [3.8, 4) is 5.88 Å². The van der Waals surface area contributed by atoms with Gasteiger partial charge in [-0.3, -0.25) is 0 Å². The summed E-state index contributed by atoms with van der Waals surface area (Å²) in [6, 6.07) is 6.12. The number of fused-ring (bicyclic) bond motifs is 1. The number of aromatic nitrogens is 4. The third-order valence-electron chi connectivity index (χ3n) is 6.05. The quantitative estimate of drug-likeness (QED) is 0.338. The summed E-state index contributed by atoms with van der Waals surface area (Å²) in [6.45, 7) is 4.14. The smallest absolute Gasteiger partial charge is 0.213 e. The molecule has 9 nitrogen and oxygen atoms in total. The zero-order chi connectivity index (χ0) is 23.0. The third-order valence-corrected chi connectivity index (χ3v) is 6.05. The Hall–Kier alpha value is -3.20. The normalized spacial score (nSPS) is 16.2. The van der Waals surface area contributed by atoms with E-state index >= 15 is 0 Å². The van der Waals surface area contributed by atoms with Crippen molar-refractivity contribution in [3.05, 3.63) is 41.7 Å². The molecule has 2 N–H and O–H groups in total. The topological polar surface area (TPSA) is 105 Å². The maximum atomic E-state index is 10.4. The molecule has 1 unspecified atom stereocenters. The van der Waals surface area contributed by atoms with E-state index in [0.717, 1.165) is 66.9 Å². The number of piperidine rings is 1. The monoisotopic (exact) mass is 452 g/mol. The zero-order valence-electron chi connectivity index (χ0n) is 19.1. The molecule has 0 aromatic carbocycles. The molecule has 4 heterocycles. The second-order valence-electron chi connectivity index (χ2n) is 8.28. The highest BCUT2D eigenvalue weighted by molar-refractivity contribution is 5.61. The first-order valence-corrected chi connectivity index (χ1v) is 11.7. The standard InChI is InChI=1S/C24H32N6O3/c1-2-19-17-27-30-21(25-15-18-7-8-23(26-16-18)33-13-5-11-31)14-22(28-24(19)30)29-10-4-3-6-20(29)9-12-32/h7-8,11,14,16-17,20,25,32H,2-6,9-10,12-13,15H2,1H3. The molecule has 1 aliphatic heterocycles. The van der Waals surface area contributed by atoms with Crippen molar-refractivity contribution >= 4 is 23.6 Å². The van der Waals surface area contributed by atoms with E-state index in [1.54, 1.807) is 6.20 Å². The fourth-order valence-electron chi connectivity index (χ4n) is 4.27. The van der Waals surface area contributed by atoms with Crippen LogP contribution < -0.4 is 15.0 Å². The first-order chi connectivity index (χ1) is 16.2. The number of aryl methyl sites for hydroxylation is 1. The highest BCUT2D eigenvalue weighted by Crippen LogP contribution is 2.29. The van der Waals surface area contributed by atoms with E-state index in [-0.39, 0.29) is 6.61 Å². The van der Waals surface area contributed by atoms with Gasteiger partial charge in [-0.25, -0.2) is 9.97 Å². The molecular weight excluding hydrogens is 420 g/mol. The van der Waals surface area contributed by atoms with E-state index in [1.165, 1.54) is 6.42 Å². The van der Waals surface area contributed by atoms with Gasteiger partial charge in [0.1, 0.15) is 17.9 Å². The highest BCUT2D eigenvalue weighted by atomic mass is 16.5. The number of ether oxygens (including phenoxy) is 1. The van der Waals surface area contributed by atoms with Crippen LogP contribution in [0.1, 0.15) is 50.2 Å². The van der Waals surface area contributed by atoms with Crippen LogP contribution in [-0.2, 0) is 17.8 Å². The van der Waals surface area contributed by atoms with Gasteiger partial charge < -0.3 is 24.9 Å². The lowest BCUT2D eigenvalue weighted by atomic mass is 9.99. The number of hydrogen-bond donors (Lipinski definition) is 2. The number of nitrogens with zero attached hydrogens (tertiary/aromatic N) is 5. The van der Waals surface area contributed by atoms with Crippen molar-refractivity contribution in [3.63, 3.8) is 0 Å². The number of aliphatic hydroxyl groups excluding tert-OH is 1. The first kappa shape index (κ1) is 23.0. The average molecular weight is 453 g/mol. The number of nitrogens with one attached hydrogen (secondary N) is 1. The van der Waals surface area contributed by atoms with Gasteiger partial charge in [0.2, 0.25) is 5.88 Å². The molecule has 1 atom stereocenters. The van der Waals surface area contributed by atoms with Crippen molar-refractivity contribution < 1.29 is 14.6 Å². The molecule has 33 heavy (non-hydrogen) atoms. The summed E-state index contributed by atoms with van der Waals surface area (Å²) in [4.78, 5) is 22.1. The Bertz CT molecular complexity index is 1050. The second kappa shape index (κ2) is 11.1. The summed E-state index contributed by atoms with van der Waals surface area (Å²) in [5.41, 5.74) is 2.97. The fraction of sp³-hybridized carbons (Fsp3) is 0.500. The van der Waals surface area contributed by atoms with Gasteiger partial charge in [0.05, 0.1) is 12.8 Å². The number of rotatable bonds is 11. The predicted octanol–water partition coefficient (Wildman–Crippen LogP) is 3.01. The van der Waals surface area contributed by atoms with Crippen LogP contribution in [0.4, 0.5) is 11.6 Å². The van der Waals surface area contributed by atoms with Crippen molar-refractivity contribution in [2.24, 2.45) is 0 Å². The minimum atomic E-state index is 0.184. The minimum absolute atomic E-state index is 0.184. The summed E-state index contributed by atoms with van der Waals surface area (Å²) in [7, 11) is 0. The number of aldehydes is 1. The summed E-state index contributed by atoms with van der Waals surface area (Å²) < 4.78 is 7.30. The number of carbonyl (C=O) groups excluding carboxylic acids is 1. The number of aliphatic hydroxyl groups is 1. The van der Waals surface area contributed by atoms with E-state index in [2.05, 4.69) is 33.3 Å². The molecule has 3 aromatic rings. The van der Waals surface area contributed by atoms with E-state index in [9.17, 15) is 9.90 Å². The molecule has 1 fully saturated rings. The molecule has 3 aromatic heterocycles. The zero-order valence-corrected chi connectivity index (χ0v) is 19.1. The van der Waals surface area contributed by atoms with Gasteiger partial charge in [-0.05, 0) is 37.7 Å². The lowest BCUT2D eigenvalue weighted by molar-refractivity contribution is -0.108. The van der Waals surface area contributed by atoms with Crippen LogP contribution in [0.3, 0.4) is 0 Å². The Morgan fingerprint density at radius 1 is 1.30 bits per heavy atom.